The van der Waals surface area contributed by atoms with Crippen LogP contribution in [0.4, 0.5) is 0 Å². The van der Waals surface area contributed by atoms with Crippen molar-refractivity contribution in [1.82, 2.24) is 4.90 Å². The van der Waals surface area contributed by atoms with E-state index in [1.807, 2.05) is 0 Å². The Balaban J connectivity index is 1.67. The Morgan fingerprint density at radius 2 is 1.79 bits per heavy atom. The molecule has 106 valence electrons. The third kappa shape index (κ3) is 1.84. The Labute approximate surface area is 115 Å². The van der Waals surface area contributed by atoms with Gasteiger partial charge in [-0.15, -0.1) is 0 Å². The molecular weight excluding hydrogens is 238 g/mol. The predicted octanol–water partition coefficient (Wildman–Crippen LogP) is 2.47. The molecule has 4 atom stereocenters. The summed E-state index contributed by atoms with van der Waals surface area (Å²) in [5.41, 5.74) is -0.420. The van der Waals surface area contributed by atoms with Crippen LogP contribution in [0.2, 0.25) is 0 Å². The smallest absolute Gasteiger partial charge is 0.223 e. The van der Waals surface area contributed by atoms with Gasteiger partial charge < -0.3 is 10.0 Å². The molecule has 1 aliphatic heterocycles. The molecule has 0 spiro atoms. The topological polar surface area (TPSA) is 40.5 Å². The summed E-state index contributed by atoms with van der Waals surface area (Å²) in [6.45, 7) is 0.939. The molecule has 5 fully saturated rings. The van der Waals surface area contributed by atoms with Crippen LogP contribution in [0.15, 0.2) is 0 Å². The molecule has 1 amide bonds. The minimum Gasteiger partial charge on any atom is -0.390 e. The van der Waals surface area contributed by atoms with Crippen LogP contribution < -0.4 is 0 Å². The lowest BCUT2D eigenvalue weighted by atomic mass is 9.50. The normalized spacial score (nSPS) is 49.5. The molecule has 1 N–H and O–H groups in total. The Hall–Kier alpha value is -0.570. The number of carbonyl (C=O) groups is 1. The Morgan fingerprint density at radius 3 is 2.47 bits per heavy atom. The summed E-state index contributed by atoms with van der Waals surface area (Å²) in [4.78, 5) is 14.7. The fourth-order valence-electron chi connectivity index (χ4n) is 5.97. The van der Waals surface area contributed by atoms with Gasteiger partial charge in [-0.2, -0.15) is 0 Å². The van der Waals surface area contributed by atoms with E-state index in [9.17, 15) is 9.90 Å². The van der Waals surface area contributed by atoms with Crippen molar-refractivity contribution >= 4 is 5.91 Å². The van der Waals surface area contributed by atoms with Crippen molar-refractivity contribution in [2.24, 2.45) is 11.8 Å². The standard InChI is InChI=1S/C16H25NO2/c18-14-4-2-1-3-5-17(14)15-7-12-6-13(8-15)10-16(19,9-12)11-15/h12-13,19H,1-11H2/t12-,13+,15?,16?. The summed E-state index contributed by atoms with van der Waals surface area (Å²) >= 11 is 0. The molecule has 1 saturated heterocycles. The van der Waals surface area contributed by atoms with E-state index in [0.717, 1.165) is 57.9 Å². The number of nitrogens with zero attached hydrogens (tertiary/aromatic N) is 1. The molecular formula is C16H25NO2. The van der Waals surface area contributed by atoms with Gasteiger partial charge in [0.2, 0.25) is 5.91 Å². The van der Waals surface area contributed by atoms with Crippen molar-refractivity contribution in [2.75, 3.05) is 6.54 Å². The molecule has 1 heterocycles. The molecule has 4 aliphatic carbocycles. The molecule has 3 nitrogen and oxygen atoms in total. The summed E-state index contributed by atoms with van der Waals surface area (Å²) in [5, 5.41) is 10.8. The molecule has 19 heavy (non-hydrogen) atoms. The Morgan fingerprint density at radius 1 is 1.05 bits per heavy atom. The summed E-state index contributed by atoms with van der Waals surface area (Å²) < 4.78 is 0. The minimum atomic E-state index is -0.448. The first-order valence-corrected chi connectivity index (χ1v) is 8.12. The van der Waals surface area contributed by atoms with Gasteiger partial charge in [0.05, 0.1) is 5.60 Å². The summed E-state index contributed by atoms with van der Waals surface area (Å²) in [6, 6.07) is 0. The van der Waals surface area contributed by atoms with Crippen LogP contribution >= 0.6 is 0 Å². The second-order valence-corrected chi connectivity index (χ2v) is 7.77. The predicted molar refractivity (Wildman–Crippen MR) is 72.5 cm³/mol. The van der Waals surface area contributed by atoms with Crippen LogP contribution in [0.5, 0.6) is 0 Å². The fraction of sp³-hybridized carbons (Fsp3) is 0.938. The van der Waals surface area contributed by atoms with Crippen molar-refractivity contribution in [3.63, 3.8) is 0 Å². The number of rotatable bonds is 1. The lowest BCUT2D eigenvalue weighted by Gasteiger charge is -2.63. The number of aliphatic hydroxyl groups is 1. The molecule has 5 rings (SSSR count). The maximum Gasteiger partial charge on any atom is 0.223 e. The van der Waals surface area contributed by atoms with Gasteiger partial charge in [-0.25, -0.2) is 0 Å². The van der Waals surface area contributed by atoms with Crippen LogP contribution in [-0.4, -0.2) is 33.6 Å². The first kappa shape index (κ1) is 12.2. The fourth-order valence-corrected chi connectivity index (χ4v) is 5.97. The van der Waals surface area contributed by atoms with E-state index in [-0.39, 0.29) is 5.54 Å². The monoisotopic (exact) mass is 263 g/mol. The van der Waals surface area contributed by atoms with Crippen LogP contribution in [0.1, 0.15) is 64.2 Å². The summed E-state index contributed by atoms with van der Waals surface area (Å²) in [7, 11) is 0. The lowest BCUT2D eigenvalue weighted by molar-refractivity contribution is -0.182. The number of hydrogen-bond donors (Lipinski definition) is 1. The highest BCUT2D eigenvalue weighted by Crippen LogP contribution is 2.59. The average Bonchev–Trinajstić information content (AvgIpc) is 2.50. The second kappa shape index (κ2) is 3.97. The van der Waals surface area contributed by atoms with E-state index >= 15 is 0 Å². The summed E-state index contributed by atoms with van der Waals surface area (Å²) in [6.07, 6.45) is 10.6. The zero-order valence-electron chi connectivity index (χ0n) is 11.7. The molecule has 0 radical (unpaired) electrons. The van der Waals surface area contributed by atoms with Crippen molar-refractivity contribution in [1.29, 1.82) is 0 Å². The van der Waals surface area contributed by atoms with Crippen molar-refractivity contribution in [3.05, 3.63) is 0 Å². The molecule has 3 heteroatoms. The van der Waals surface area contributed by atoms with Gasteiger partial charge in [0.25, 0.3) is 0 Å². The number of likely N-dealkylation sites (tertiary alicyclic amines) is 1. The number of amides is 1. The van der Waals surface area contributed by atoms with Gasteiger partial charge in [0.15, 0.2) is 0 Å². The van der Waals surface area contributed by atoms with E-state index in [1.165, 1.54) is 12.8 Å². The highest BCUT2D eigenvalue weighted by atomic mass is 16.3. The molecule has 2 unspecified atom stereocenters. The van der Waals surface area contributed by atoms with E-state index in [1.54, 1.807) is 0 Å². The minimum absolute atomic E-state index is 0.0280. The van der Waals surface area contributed by atoms with Gasteiger partial charge in [0.1, 0.15) is 0 Å². The van der Waals surface area contributed by atoms with E-state index in [4.69, 9.17) is 0 Å². The van der Waals surface area contributed by atoms with Gasteiger partial charge in [0, 0.05) is 18.5 Å². The molecule has 5 aliphatic rings. The van der Waals surface area contributed by atoms with Crippen molar-refractivity contribution < 1.29 is 9.90 Å². The molecule has 4 bridgehead atoms. The second-order valence-electron chi connectivity index (χ2n) is 7.77. The highest BCUT2D eigenvalue weighted by molar-refractivity contribution is 5.77. The van der Waals surface area contributed by atoms with Gasteiger partial charge in [-0.1, -0.05) is 6.42 Å². The molecule has 0 aromatic heterocycles. The highest BCUT2D eigenvalue weighted by Gasteiger charge is 2.59. The molecule has 0 aromatic rings. The van der Waals surface area contributed by atoms with Gasteiger partial charge in [-0.05, 0) is 63.2 Å². The zero-order valence-corrected chi connectivity index (χ0v) is 11.7. The Bertz CT molecular complexity index is 392. The van der Waals surface area contributed by atoms with E-state index < -0.39 is 5.60 Å². The van der Waals surface area contributed by atoms with E-state index in [2.05, 4.69) is 4.90 Å². The quantitative estimate of drug-likeness (QED) is 0.789. The van der Waals surface area contributed by atoms with Crippen molar-refractivity contribution in [2.45, 2.75) is 75.3 Å². The third-order valence-corrected chi connectivity index (χ3v) is 6.15. The third-order valence-electron chi connectivity index (χ3n) is 6.15. The SMILES string of the molecule is O=C1CCCCCN1C12C[C@@H]3C[C@@H](CC(O)(C3)C1)C2. The molecule has 0 aromatic carbocycles. The average molecular weight is 263 g/mol. The zero-order chi connectivity index (χ0) is 13.1. The first-order valence-electron chi connectivity index (χ1n) is 8.12. The van der Waals surface area contributed by atoms with Gasteiger partial charge >= 0.3 is 0 Å². The van der Waals surface area contributed by atoms with E-state index in [0.29, 0.717) is 17.7 Å². The largest absolute Gasteiger partial charge is 0.390 e. The molecule has 4 saturated carbocycles. The summed E-state index contributed by atoms with van der Waals surface area (Å²) in [5.74, 6) is 1.70. The van der Waals surface area contributed by atoms with Crippen LogP contribution in [0, 0.1) is 11.8 Å². The number of hydrogen-bond acceptors (Lipinski definition) is 2. The van der Waals surface area contributed by atoms with Crippen LogP contribution in [0.25, 0.3) is 0 Å². The van der Waals surface area contributed by atoms with Gasteiger partial charge in [-0.3, -0.25) is 4.79 Å². The maximum atomic E-state index is 12.5. The first-order chi connectivity index (χ1) is 9.09. The maximum absolute atomic E-state index is 12.5. The van der Waals surface area contributed by atoms with Crippen LogP contribution in [0.3, 0.4) is 0 Å². The Kier molecular flexibility index (Phi) is 2.55. The number of carbonyl (C=O) groups excluding carboxylic acids is 1. The lowest BCUT2D eigenvalue weighted by Crippen LogP contribution is -2.66. The van der Waals surface area contributed by atoms with Crippen molar-refractivity contribution in [3.8, 4) is 0 Å². The van der Waals surface area contributed by atoms with Crippen LogP contribution in [-0.2, 0) is 4.79 Å².